The second-order valence-electron chi connectivity index (χ2n) is 6.46. The Balaban J connectivity index is 1.79. The van der Waals surface area contributed by atoms with Crippen LogP contribution < -0.4 is 0 Å². The van der Waals surface area contributed by atoms with Gasteiger partial charge in [-0.05, 0) is 49.8 Å². The van der Waals surface area contributed by atoms with Gasteiger partial charge >= 0.3 is 0 Å². The molecule has 7 nitrogen and oxygen atoms in total. The quantitative estimate of drug-likeness (QED) is 0.474. The molecule has 0 bridgehead atoms. The summed E-state index contributed by atoms with van der Waals surface area (Å²) in [4.78, 5) is 17.5. The van der Waals surface area contributed by atoms with Crippen molar-refractivity contribution in [2.45, 2.75) is 47.8 Å². The second kappa shape index (κ2) is 6.45. The Hall–Kier alpha value is -2.05. The SMILES string of the molecule is [N-]=[N+]=NC1(C(=O)N2CCCCC2)CC(S(=O)(=O)c2ccccc2)C1. The molecule has 1 amide bonds. The van der Waals surface area contributed by atoms with Crippen LogP contribution in [0.5, 0.6) is 0 Å². The Morgan fingerprint density at radius 3 is 2.38 bits per heavy atom. The smallest absolute Gasteiger partial charge is 0.234 e. The summed E-state index contributed by atoms with van der Waals surface area (Å²) in [5, 5.41) is 3.04. The Kier molecular flexibility index (Phi) is 4.51. The van der Waals surface area contributed by atoms with Gasteiger partial charge in [-0.2, -0.15) is 0 Å². The number of rotatable bonds is 4. The molecule has 1 aliphatic heterocycles. The Morgan fingerprint density at radius 2 is 1.79 bits per heavy atom. The van der Waals surface area contributed by atoms with Gasteiger partial charge in [-0.3, -0.25) is 4.79 Å². The number of hydrogen-bond acceptors (Lipinski definition) is 4. The van der Waals surface area contributed by atoms with Crippen LogP contribution >= 0.6 is 0 Å². The van der Waals surface area contributed by atoms with Crippen molar-refractivity contribution in [2.75, 3.05) is 13.1 Å². The van der Waals surface area contributed by atoms with E-state index in [0.29, 0.717) is 13.1 Å². The summed E-state index contributed by atoms with van der Waals surface area (Å²) in [6.07, 6.45) is 3.07. The maximum Gasteiger partial charge on any atom is 0.234 e. The van der Waals surface area contributed by atoms with Gasteiger partial charge in [0.1, 0.15) is 5.54 Å². The van der Waals surface area contributed by atoms with Gasteiger partial charge in [0, 0.05) is 18.0 Å². The minimum absolute atomic E-state index is 0.0591. The molecule has 0 unspecified atom stereocenters. The lowest BCUT2D eigenvalue weighted by molar-refractivity contribution is -0.140. The van der Waals surface area contributed by atoms with Crippen LogP contribution in [0.25, 0.3) is 10.4 Å². The maximum atomic E-state index is 12.8. The third kappa shape index (κ3) is 2.87. The fourth-order valence-corrected chi connectivity index (χ4v) is 5.40. The molecule has 2 aliphatic rings. The third-order valence-electron chi connectivity index (χ3n) is 4.92. The first kappa shape index (κ1) is 16.8. The summed E-state index contributed by atoms with van der Waals surface area (Å²) in [6.45, 7) is 1.30. The van der Waals surface area contributed by atoms with Crippen molar-refractivity contribution in [1.29, 1.82) is 0 Å². The molecule has 1 aromatic carbocycles. The van der Waals surface area contributed by atoms with Gasteiger partial charge in [0.25, 0.3) is 0 Å². The molecule has 1 aromatic rings. The fourth-order valence-electron chi connectivity index (χ4n) is 3.49. The number of likely N-dealkylation sites (tertiary alicyclic amines) is 1. The number of carbonyl (C=O) groups is 1. The van der Waals surface area contributed by atoms with Crippen LogP contribution in [0.15, 0.2) is 40.3 Å². The number of carbonyl (C=O) groups excluding carboxylic acids is 1. The van der Waals surface area contributed by atoms with Crippen molar-refractivity contribution in [3.05, 3.63) is 40.8 Å². The van der Waals surface area contributed by atoms with Crippen LogP contribution in [0.4, 0.5) is 0 Å². The number of piperidine rings is 1. The van der Waals surface area contributed by atoms with Crippen LogP contribution in [0, 0.1) is 0 Å². The van der Waals surface area contributed by atoms with Crippen molar-refractivity contribution in [3.63, 3.8) is 0 Å². The van der Waals surface area contributed by atoms with Crippen molar-refractivity contribution in [3.8, 4) is 0 Å². The molecule has 128 valence electrons. The summed E-state index contributed by atoms with van der Waals surface area (Å²) in [5.74, 6) is -0.223. The van der Waals surface area contributed by atoms with Crippen LogP contribution in [0.2, 0.25) is 0 Å². The van der Waals surface area contributed by atoms with Gasteiger partial charge in [0.15, 0.2) is 9.84 Å². The molecule has 3 rings (SSSR count). The molecule has 0 atom stereocenters. The first-order chi connectivity index (χ1) is 11.5. The van der Waals surface area contributed by atoms with E-state index in [-0.39, 0.29) is 23.6 Å². The minimum Gasteiger partial charge on any atom is -0.342 e. The number of benzene rings is 1. The molecule has 1 aliphatic carbocycles. The fraction of sp³-hybridized carbons (Fsp3) is 0.562. The zero-order valence-electron chi connectivity index (χ0n) is 13.3. The number of hydrogen-bond donors (Lipinski definition) is 0. The average molecular weight is 348 g/mol. The van der Waals surface area contributed by atoms with Gasteiger partial charge in [-0.15, -0.1) is 0 Å². The highest BCUT2D eigenvalue weighted by molar-refractivity contribution is 7.92. The lowest BCUT2D eigenvalue weighted by atomic mass is 9.75. The molecule has 0 N–H and O–H groups in total. The Morgan fingerprint density at radius 1 is 1.17 bits per heavy atom. The summed E-state index contributed by atoms with van der Waals surface area (Å²) in [6, 6.07) is 8.20. The summed E-state index contributed by atoms with van der Waals surface area (Å²) in [5.41, 5.74) is 7.62. The molecule has 1 heterocycles. The molecule has 1 saturated carbocycles. The van der Waals surface area contributed by atoms with E-state index in [9.17, 15) is 13.2 Å². The summed E-state index contributed by atoms with van der Waals surface area (Å²) in [7, 11) is -3.51. The van der Waals surface area contributed by atoms with Crippen molar-refractivity contribution in [2.24, 2.45) is 5.11 Å². The molecule has 2 fully saturated rings. The molecule has 8 heteroatoms. The van der Waals surface area contributed by atoms with Crippen LogP contribution in [0.3, 0.4) is 0 Å². The summed E-state index contributed by atoms with van der Waals surface area (Å²) >= 11 is 0. The summed E-state index contributed by atoms with van der Waals surface area (Å²) < 4.78 is 25.3. The van der Waals surface area contributed by atoms with Crippen molar-refractivity contribution in [1.82, 2.24) is 4.90 Å². The molecule has 0 aromatic heterocycles. The number of amides is 1. The van der Waals surface area contributed by atoms with E-state index in [2.05, 4.69) is 10.0 Å². The molecule has 1 saturated heterocycles. The normalized spacial score (nSPS) is 27.0. The molecule has 0 spiro atoms. The van der Waals surface area contributed by atoms with Crippen LogP contribution in [0.1, 0.15) is 32.1 Å². The van der Waals surface area contributed by atoms with Gasteiger partial charge in [-0.25, -0.2) is 8.42 Å². The predicted molar refractivity (Wildman–Crippen MR) is 89.0 cm³/mol. The lowest BCUT2D eigenvalue weighted by Gasteiger charge is -2.45. The Labute approximate surface area is 141 Å². The second-order valence-corrected chi connectivity index (χ2v) is 8.69. The average Bonchev–Trinajstić information content (AvgIpc) is 2.58. The number of azide groups is 1. The third-order valence-corrected chi connectivity index (χ3v) is 7.06. The van der Waals surface area contributed by atoms with E-state index < -0.39 is 20.6 Å². The minimum atomic E-state index is -3.51. The highest BCUT2D eigenvalue weighted by Gasteiger charge is 2.56. The lowest BCUT2D eigenvalue weighted by Crippen LogP contribution is -2.59. The standard InChI is InChI=1S/C16H20N4O3S/c17-19-18-16(15(21)20-9-5-2-6-10-20)11-14(12-16)24(22,23)13-7-3-1-4-8-13/h1,3-4,7-8,14H,2,5-6,9-12H2. The van der Waals surface area contributed by atoms with E-state index in [1.807, 2.05) is 0 Å². The first-order valence-electron chi connectivity index (χ1n) is 8.14. The van der Waals surface area contributed by atoms with Gasteiger partial charge in [0.2, 0.25) is 5.91 Å². The van der Waals surface area contributed by atoms with Crippen molar-refractivity contribution >= 4 is 15.7 Å². The van der Waals surface area contributed by atoms with Crippen molar-refractivity contribution < 1.29 is 13.2 Å². The molecule has 24 heavy (non-hydrogen) atoms. The topological polar surface area (TPSA) is 103 Å². The van der Waals surface area contributed by atoms with E-state index in [1.165, 1.54) is 0 Å². The van der Waals surface area contributed by atoms with Crippen LogP contribution in [-0.2, 0) is 14.6 Å². The zero-order chi connectivity index (χ0) is 17.2. The van der Waals surface area contributed by atoms with E-state index in [1.54, 1.807) is 35.2 Å². The zero-order valence-corrected chi connectivity index (χ0v) is 14.2. The first-order valence-corrected chi connectivity index (χ1v) is 9.69. The monoisotopic (exact) mass is 348 g/mol. The Bertz CT molecular complexity index is 760. The van der Waals surface area contributed by atoms with Gasteiger partial charge < -0.3 is 4.90 Å². The van der Waals surface area contributed by atoms with Crippen LogP contribution in [-0.4, -0.2) is 43.1 Å². The molecule has 0 radical (unpaired) electrons. The van der Waals surface area contributed by atoms with Gasteiger partial charge in [0.05, 0.1) is 10.1 Å². The largest absolute Gasteiger partial charge is 0.342 e. The van der Waals surface area contributed by atoms with E-state index in [4.69, 9.17) is 5.53 Å². The number of nitrogens with zero attached hydrogens (tertiary/aromatic N) is 4. The highest BCUT2D eigenvalue weighted by Crippen LogP contribution is 2.44. The van der Waals surface area contributed by atoms with E-state index >= 15 is 0 Å². The maximum absolute atomic E-state index is 12.8. The van der Waals surface area contributed by atoms with Gasteiger partial charge in [-0.1, -0.05) is 23.3 Å². The highest BCUT2D eigenvalue weighted by atomic mass is 32.2. The predicted octanol–water partition coefficient (Wildman–Crippen LogP) is 2.68. The number of sulfone groups is 1. The van der Waals surface area contributed by atoms with E-state index in [0.717, 1.165) is 19.3 Å². The molecular weight excluding hydrogens is 328 g/mol. The molecular formula is C16H20N4O3S.